The minimum Gasteiger partial charge on any atom is -0.385 e. The van der Waals surface area contributed by atoms with Gasteiger partial charge in [-0.05, 0) is 55.4 Å². The number of benzene rings is 1. The largest absolute Gasteiger partial charge is 0.385 e. The van der Waals surface area contributed by atoms with Gasteiger partial charge in [0.25, 0.3) is 5.91 Å². The molecule has 2 aromatic heterocycles. The van der Waals surface area contributed by atoms with Crippen LogP contribution in [0.3, 0.4) is 0 Å². The molecule has 0 bridgehead atoms. The van der Waals surface area contributed by atoms with Crippen LogP contribution in [0.25, 0.3) is 0 Å². The van der Waals surface area contributed by atoms with Crippen molar-refractivity contribution in [3.05, 3.63) is 71.1 Å². The van der Waals surface area contributed by atoms with Crippen molar-refractivity contribution in [3.63, 3.8) is 0 Å². The van der Waals surface area contributed by atoms with Crippen LogP contribution in [0.2, 0.25) is 5.02 Å². The van der Waals surface area contributed by atoms with Crippen molar-refractivity contribution in [3.8, 4) is 0 Å². The van der Waals surface area contributed by atoms with Crippen molar-refractivity contribution in [1.82, 2.24) is 15.0 Å². The van der Waals surface area contributed by atoms with Crippen LogP contribution in [0.4, 0.5) is 17.5 Å². The monoisotopic (exact) mass is 494 g/mol. The maximum absolute atomic E-state index is 12.4. The van der Waals surface area contributed by atoms with Crippen molar-refractivity contribution < 1.29 is 4.79 Å². The molecule has 0 radical (unpaired) electrons. The molecule has 34 heavy (non-hydrogen) atoms. The van der Waals surface area contributed by atoms with Gasteiger partial charge in [0.2, 0.25) is 0 Å². The lowest BCUT2D eigenvalue weighted by atomic mass is 10.2. The molecule has 11 heteroatoms. The molecular formula is C23H23ClN8OS. The number of nitrogens with one attached hydrogen (secondary N) is 3. The number of hydrogen-bond acceptors (Lipinski definition) is 9. The Morgan fingerprint density at radius 2 is 1.97 bits per heavy atom. The van der Waals surface area contributed by atoms with Gasteiger partial charge < -0.3 is 26.7 Å². The predicted octanol–water partition coefficient (Wildman–Crippen LogP) is 4.39. The van der Waals surface area contributed by atoms with E-state index in [1.807, 2.05) is 12.1 Å². The first kappa shape index (κ1) is 23.5. The molecule has 3 aromatic rings. The fraction of sp³-hybridized carbons (Fsp3) is 0.174. The van der Waals surface area contributed by atoms with Crippen LogP contribution in [-0.4, -0.2) is 39.7 Å². The molecule has 0 atom stereocenters. The Morgan fingerprint density at radius 3 is 2.62 bits per heavy atom. The maximum Gasteiger partial charge on any atom is 0.258 e. The van der Waals surface area contributed by atoms with Gasteiger partial charge in [-0.2, -0.15) is 0 Å². The highest BCUT2D eigenvalue weighted by atomic mass is 35.5. The van der Waals surface area contributed by atoms with E-state index in [9.17, 15) is 4.79 Å². The maximum atomic E-state index is 12.4. The van der Waals surface area contributed by atoms with E-state index in [-0.39, 0.29) is 5.91 Å². The molecule has 0 saturated carbocycles. The van der Waals surface area contributed by atoms with Crippen molar-refractivity contribution in [2.45, 2.75) is 23.4 Å². The van der Waals surface area contributed by atoms with E-state index >= 15 is 0 Å². The summed E-state index contributed by atoms with van der Waals surface area (Å²) in [6, 6.07) is 12.2. The number of carbonyl (C=O) groups is 1. The Bertz CT molecular complexity index is 1240. The van der Waals surface area contributed by atoms with Gasteiger partial charge in [-0.3, -0.25) is 4.79 Å². The Hall–Kier alpha value is -3.63. The Morgan fingerprint density at radius 1 is 1.18 bits per heavy atom. The lowest BCUT2D eigenvalue weighted by Crippen LogP contribution is -2.37. The zero-order valence-corrected chi connectivity index (χ0v) is 20.0. The number of carbonyl (C=O) groups excluding carboxylic acids is 1. The number of aromatic nitrogens is 3. The standard InChI is InChI=1S/C23H23ClN8OS/c1-14(25)11-18(26)28-20-12-21(32-9-4-10-32)31-23(30-20)34-15-7-8-19(27-13-15)29-22(33)16-5-2-3-6-17(16)24/h2-3,5-8,11-13,25H,4,9-10,26H2,1H3,(H,27,29,33)(H,28,30,31)/b18-11+,25-14?. The second-order valence-electron chi connectivity index (χ2n) is 7.56. The van der Waals surface area contributed by atoms with Crippen LogP contribution in [0.5, 0.6) is 0 Å². The lowest BCUT2D eigenvalue weighted by Gasteiger charge is -2.32. The SMILES string of the molecule is CC(=N)/C=C(\N)Nc1cc(N2CCC2)nc(Sc2ccc(NC(=O)c3ccccc3Cl)nc2)n1. The molecule has 1 amide bonds. The van der Waals surface area contributed by atoms with Crippen LogP contribution >= 0.6 is 23.4 Å². The Labute approximate surface area is 206 Å². The summed E-state index contributed by atoms with van der Waals surface area (Å²) in [7, 11) is 0. The molecule has 1 aliphatic rings. The third-order valence-electron chi connectivity index (χ3n) is 4.82. The van der Waals surface area contributed by atoms with Crippen LogP contribution in [0.1, 0.15) is 23.7 Å². The van der Waals surface area contributed by atoms with Gasteiger partial charge in [0.1, 0.15) is 23.3 Å². The first-order valence-electron chi connectivity index (χ1n) is 10.5. The number of nitrogens with zero attached hydrogens (tertiary/aromatic N) is 4. The molecule has 1 fully saturated rings. The highest BCUT2D eigenvalue weighted by molar-refractivity contribution is 7.99. The van der Waals surface area contributed by atoms with E-state index in [0.29, 0.717) is 38.9 Å². The summed E-state index contributed by atoms with van der Waals surface area (Å²) < 4.78 is 0. The number of nitrogens with two attached hydrogens (primary N) is 1. The fourth-order valence-corrected chi connectivity index (χ4v) is 4.05. The fourth-order valence-electron chi connectivity index (χ4n) is 3.10. The summed E-state index contributed by atoms with van der Waals surface area (Å²) in [4.78, 5) is 28.9. The number of rotatable bonds is 8. The lowest BCUT2D eigenvalue weighted by molar-refractivity contribution is 0.102. The minimum absolute atomic E-state index is 0.328. The zero-order chi connectivity index (χ0) is 24.1. The second kappa shape index (κ2) is 10.5. The quantitative estimate of drug-likeness (QED) is 0.267. The third-order valence-corrected chi connectivity index (χ3v) is 5.99. The predicted molar refractivity (Wildman–Crippen MR) is 136 cm³/mol. The molecule has 1 aliphatic heterocycles. The summed E-state index contributed by atoms with van der Waals surface area (Å²) in [5, 5.41) is 14.2. The van der Waals surface area contributed by atoms with Gasteiger partial charge in [0.15, 0.2) is 5.16 Å². The first-order chi connectivity index (χ1) is 16.4. The number of allylic oxidation sites excluding steroid dienone is 1. The molecule has 1 aromatic carbocycles. The molecule has 0 unspecified atom stereocenters. The Balaban J connectivity index is 1.49. The Kier molecular flexibility index (Phi) is 7.29. The van der Waals surface area contributed by atoms with E-state index in [4.69, 9.17) is 22.7 Å². The topological polar surface area (TPSA) is 133 Å². The third kappa shape index (κ3) is 6.03. The number of pyridine rings is 1. The summed E-state index contributed by atoms with van der Waals surface area (Å²) in [6.45, 7) is 3.52. The van der Waals surface area contributed by atoms with Crippen LogP contribution in [0.15, 0.2) is 70.6 Å². The molecular weight excluding hydrogens is 472 g/mol. The van der Waals surface area contributed by atoms with Gasteiger partial charge in [-0.15, -0.1) is 0 Å². The smallest absolute Gasteiger partial charge is 0.258 e. The summed E-state index contributed by atoms with van der Waals surface area (Å²) in [6.07, 6.45) is 4.29. The van der Waals surface area contributed by atoms with Crippen molar-refractivity contribution in [2.75, 3.05) is 28.6 Å². The summed E-state index contributed by atoms with van der Waals surface area (Å²) in [5.74, 6) is 1.77. The van der Waals surface area contributed by atoms with E-state index in [1.165, 1.54) is 17.8 Å². The number of hydrogen-bond donors (Lipinski definition) is 4. The summed E-state index contributed by atoms with van der Waals surface area (Å²) in [5.41, 5.74) is 6.68. The van der Waals surface area contributed by atoms with Crippen LogP contribution < -0.4 is 21.3 Å². The molecule has 0 spiro atoms. The minimum atomic E-state index is -0.328. The molecule has 174 valence electrons. The van der Waals surface area contributed by atoms with Gasteiger partial charge in [-0.25, -0.2) is 15.0 Å². The van der Waals surface area contributed by atoms with Crippen molar-refractivity contribution in [2.24, 2.45) is 5.73 Å². The van der Waals surface area contributed by atoms with Crippen LogP contribution in [0, 0.1) is 5.41 Å². The molecule has 9 nitrogen and oxygen atoms in total. The molecule has 4 rings (SSSR count). The van der Waals surface area contributed by atoms with Crippen LogP contribution in [-0.2, 0) is 0 Å². The molecule has 3 heterocycles. The average molecular weight is 495 g/mol. The van der Waals surface area contributed by atoms with Crippen molar-refractivity contribution >= 4 is 52.4 Å². The van der Waals surface area contributed by atoms with Gasteiger partial charge in [0.05, 0.1) is 10.6 Å². The van der Waals surface area contributed by atoms with Gasteiger partial charge >= 0.3 is 0 Å². The average Bonchev–Trinajstić information content (AvgIpc) is 2.73. The van der Waals surface area contributed by atoms with E-state index in [0.717, 1.165) is 30.2 Å². The molecule has 5 N–H and O–H groups in total. The van der Waals surface area contributed by atoms with E-state index in [2.05, 4.69) is 30.5 Å². The second-order valence-corrected chi connectivity index (χ2v) is 9.01. The molecule has 1 saturated heterocycles. The van der Waals surface area contributed by atoms with Crippen molar-refractivity contribution in [1.29, 1.82) is 5.41 Å². The summed E-state index contributed by atoms with van der Waals surface area (Å²) >= 11 is 7.44. The van der Waals surface area contributed by atoms with E-state index in [1.54, 1.807) is 43.5 Å². The normalized spacial score (nSPS) is 13.2. The number of halogens is 1. The van der Waals surface area contributed by atoms with Gasteiger partial charge in [-0.1, -0.05) is 23.7 Å². The molecule has 0 aliphatic carbocycles. The highest BCUT2D eigenvalue weighted by Crippen LogP contribution is 2.30. The number of amides is 1. The number of anilines is 3. The highest BCUT2D eigenvalue weighted by Gasteiger charge is 2.18. The first-order valence-corrected chi connectivity index (χ1v) is 11.7. The van der Waals surface area contributed by atoms with Gasteiger partial charge in [0, 0.05) is 36.0 Å². The zero-order valence-electron chi connectivity index (χ0n) is 18.4. The van der Waals surface area contributed by atoms with E-state index < -0.39 is 0 Å².